The predicted octanol–water partition coefficient (Wildman–Crippen LogP) is 4.28. The van der Waals surface area contributed by atoms with Crippen molar-refractivity contribution in [1.29, 1.82) is 0 Å². The topological polar surface area (TPSA) is 15.6 Å². The molecule has 2 aromatic carbocycles. The zero-order valence-electron chi connectivity index (χ0n) is 15.7. The highest BCUT2D eigenvalue weighted by atomic mass is 28.2. The van der Waals surface area contributed by atoms with Gasteiger partial charge in [0.05, 0.1) is 5.54 Å². The molecule has 0 aliphatic rings. The minimum absolute atomic E-state index is 0.0196. The van der Waals surface area contributed by atoms with E-state index in [9.17, 15) is 0 Å². The summed E-state index contributed by atoms with van der Waals surface area (Å²) in [5, 5.41) is 1.32. The van der Waals surface area contributed by atoms with Crippen LogP contribution >= 0.6 is 0 Å². The molecule has 2 nitrogen and oxygen atoms in total. The van der Waals surface area contributed by atoms with Gasteiger partial charge in [-0.05, 0) is 46.7 Å². The highest BCUT2D eigenvalue weighted by Crippen LogP contribution is 2.20. The van der Waals surface area contributed by atoms with Crippen LogP contribution in [0.1, 0.15) is 47.1 Å². The monoisotopic (exact) mass is 336 g/mol. The molecule has 2 aromatic rings. The second-order valence-electron chi connectivity index (χ2n) is 7.96. The van der Waals surface area contributed by atoms with E-state index in [-0.39, 0.29) is 11.1 Å². The van der Waals surface area contributed by atoms with Gasteiger partial charge in [-0.2, -0.15) is 0 Å². The first-order valence-corrected chi connectivity index (χ1v) is 9.39. The molecule has 0 aliphatic carbocycles. The predicted molar refractivity (Wildman–Crippen MR) is 106 cm³/mol. The number of aliphatic imine (C=N–C) groups is 1. The molecule has 0 bridgehead atoms. The van der Waals surface area contributed by atoms with Crippen molar-refractivity contribution in [1.82, 2.24) is 4.57 Å². The summed E-state index contributed by atoms with van der Waals surface area (Å²) in [7, 11) is 0.541. The third-order valence-electron chi connectivity index (χ3n) is 3.37. The number of hydrogen-bond acceptors (Lipinski definition) is 1. The smallest absolute Gasteiger partial charge is 0.223 e. The number of nitrogens with zero attached hydrogens (tertiary/aromatic N) is 2. The van der Waals surface area contributed by atoms with E-state index in [4.69, 9.17) is 4.99 Å². The van der Waals surface area contributed by atoms with Gasteiger partial charge in [-0.1, -0.05) is 60.7 Å². The highest BCUT2D eigenvalue weighted by Gasteiger charge is 2.28. The Bertz CT molecular complexity index is 664. The first kappa shape index (κ1) is 18.5. The van der Waals surface area contributed by atoms with Crippen LogP contribution in [0.5, 0.6) is 0 Å². The first-order valence-electron chi connectivity index (χ1n) is 8.44. The summed E-state index contributed by atoms with van der Waals surface area (Å²) in [5.41, 5.74) is 1.02. The van der Waals surface area contributed by atoms with Crippen molar-refractivity contribution in [2.24, 2.45) is 4.99 Å². The average molecular weight is 337 g/mol. The van der Waals surface area contributed by atoms with Gasteiger partial charge in [-0.3, -0.25) is 4.99 Å². The molecule has 3 heteroatoms. The second kappa shape index (κ2) is 7.35. The number of hydrogen-bond donors (Lipinski definition) is 0. The lowest BCUT2D eigenvalue weighted by Crippen LogP contribution is -2.52. The van der Waals surface area contributed by atoms with Gasteiger partial charge in [0.2, 0.25) is 9.68 Å². The molecule has 0 N–H and O–H groups in total. The number of rotatable bonds is 3. The van der Waals surface area contributed by atoms with Crippen LogP contribution in [0.2, 0.25) is 0 Å². The van der Waals surface area contributed by atoms with Gasteiger partial charge in [0.25, 0.3) is 0 Å². The number of benzene rings is 2. The van der Waals surface area contributed by atoms with Crippen LogP contribution in [0.3, 0.4) is 0 Å². The molecule has 24 heavy (non-hydrogen) atoms. The summed E-state index contributed by atoms with van der Waals surface area (Å²) in [5.74, 6) is 1.07. The Morgan fingerprint density at radius 2 is 1.29 bits per heavy atom. The number of amidine groups is 1. The van der Waals surface area contributed by atoms with Crippen molar-refractivity contribution in [3.8, 4) is 0 Å². The summed E-state index contributed by atoms with van der Waals surface area (Å²) >= 11 is 0. The molecular formula is C21H28N2Si. The Hall–Kier alpha value is -1.87. The quantitative estimate of drug-likeness (QED) is 0.464. The first-order chi connectivity index (χ1) is 11.2. The zero-order valence-corrected chi connectivity index (χ0v) is 16.7. The molecule has 0 saturated carbocycles. The molecule has 0 heterocycles. The maximum absolute atomic E-state index is 5.09. The van der Waals surface area contributed by atoms with E-state index in [0.29, 0.717) is 9.68 Å². The van der Waals surface area contributed by atoms with Gasteiger partial charge >= 0.3 is 0 Å². The molecule has 0 fully saturated rings. The standard InChI is InChI=1S/C21H28N2Si/c1-20(2,3)22-19(17-13-9-7-10-14-17)23(21(4,5)6)24-18-15-11-8-12-16-18/h7-16H,1-6H3. The lowest BCUT2D eigenvalue weighted by Gasteiger charge is -2.39. The second-order valence-corrected chi connectivity index (χ2v) is 9.20. The molecule has 126 valence electrons. The molecule has 0 saturated heterocycles. The van der Waals surface area contributed by atoms with E-state index in [0.717, 1.165) is 5.84 Å². The van der Waals surface area contributed by atoms with E-state index in [2.05, 4.69) is 107 Å². The fourth-order valence-corrected chi connectivity index (χ4v) is 3.55. The molecule has 0 aliphatic heterocycles. The Morgan fingerprint density at radius 3 is 1.75 bits per heavy atom. The largest absolute Gasteiger partial charge is 0.374 e. The van der Waals surface area contributed by atoms with Crippen molar-refractivity contribution < 1.29 is 0 Å². The van der Waals surface area contributed by atoms with Crippen LogP contribution in [0.4, 0.5) is 0 Å². The molecule has 0 aromatic heterocycles. The van der Waals surface area contributed by atoms with Gasteiger partial charge in [-0.15, -0.1) is 0 Å². The van der Waals surface area contributed by atoms with Crippen molar-refractivity contribution in [3.05, 3.63) is 66.2 Å². The summed E-state index contributed by atoms with van der Waals surface area (Å²) in [6.45, 7) is 13.2. The molecule has 2 radical (unpaired) electrons. The lowest BCUT2D eigenvalue weighted by atomic mass is 10.1. The molecule has 2 rings (SSSR count). The Morgan fingerprint density at radius 1 is 0.792 bits per heavy atom. The van der Waals surface area contributed by atoms with Crippen molar-refractivity contribution in [3.63, 3.8) is 0 Å². The average Bonchev–Trinajstić information content (AvgIpc) is 2.50. The van der Waals surface area contributed by atoms with Gasteiger partial charge in [0.1, 0.15) is 5.84 Å². The van der Waals surface area contributed by atoms with Crippen LogP contribution in [-0.4, -0.2) is 31.2 Å². The fourth-order valence-electron chi connectivity index (χ4n) is 2.33. The van der Waals surface area contributed by atoms with E-state index < -0.39 is 0 Å². The van der Waals surface area contributed by atoms with E-state index >= 15 is 0 Å². The van der Waals surface area contributed by atoms with E-state index in [1.54, 1.807) is 0 Å². The normalized spacial score (nSPS) is 13.0. The summed E-state index contributed by atoms with van der Waals surface area (Å²) < 4.78 is 2.43. The van der Waals surface area contributed by atoms with Crippen LogP contribution in [0.25, 0.3) is 0 Å². The molecule has 0 amide bonds. The van der Waals surface area contributed by atoms with Crippen LogP contribution in [0, 0.1) is 0 Å². The van der Waals surface area contributed by atoms with Gasteiger partial charge in [-0.25, -0.2) is 0 Å². The van der Waals surface area contributed by atoms with Crippen molar-refractivity contribution in [2.75, 3.05) is 0 Å². The Balaban J connectivity index is 2.51. The zero-order chi connectivity index (χ0) is 17.8. The molecular weight excluding hydrogens is 308 g/mol. The summed E-state index contributed by atoms with van der Waals surface area (Å²) in [6, 6.07) is 21.2. The SMILES string of the molecule is CC(C)(C)N=C(c1ccccc1)N([Si]c1ccccc1)C(C)(C)C. The maximum atomic E-state index is 5.09. The van der Waals surface area contributed by atoms with Crippen LogP contribution < -0.4 is 5.19 Å². The van der Waals surface area contributed by atoms with Gasteiger partial charge in [0, 0.05) is 11.1 Å². The molecule has 0 spiro atoms. The third-order valence-corrected chi connectivity index (χ3v) is 5.07. The minimum Gasteiger partial charge on any atom is -0.374 e. The van der Waals surface area contributed by atoms with Crippen LogP contribution in [-0.2, 0) is 0 Å². The van der Waals surface area contributed by atoms with E-state index in [1.165, 1.54) is 10.8 Å². The van der Waals surface area contributed by atoms with Gasteiger partial charge < -0.3 is 4.57 Å². The Kier molecular flexibility index (Phi) is 5.65. The molecule has 0 atom stereocenters. The van der Waals surface area contributed by atoms with Gasteiger partial charge in [0.15, 0.2) is 0 Å². The van der Waals surface area contributed by atoms with Crippen molar-refractivity contribution >= 4 is 20.7 Å². The third kappa shape index (κ3) is 5.34. The van der Waals surface area contributed by atoms with Crippen molar-refractivity contribution in [2.45, 2.75) is 52.6 Å². The summed E-state index contributed by atoms with van der Waals surface area (Å²) in [4.78, 5) is 5.09. The maximum Gasteiger partial charge on any atom is 0.223 e. The molecule has 0 unspecified atom stereocenters. The van der Waals surface area contributed by atoms with E-state index in [1.807, 2.05) is 0 Å². The highest BCUT2D eigenvalue weighted by molar-refractivity contribution is 6.54. The fraction of sp³-hybridized carbons (Fsp3) is 0.381. The summed E-state index contributed by atoms with van der Waals surface area (Å²) in [6.07, 6.45) is 0. The van der Waals surface area contributed by atoms with Crippen LogP contribution in [0.15, 0.2) is 65.7 Å². The minimum atomic E-state index is -0.129. The Labute approximate surface area is 149 Å². The lowest BCUT2D eigenvalue weighted by molar-refractivity contribution is 0.358.